The van der Waals surface area contributed by atoms with Crippen LogP contribution in [-0.2, 0) is 11.2 Å². The molecule has 0 radical (unpaired) electrons. The van der Waals surface area contributed by atoms with Gasteiger partial charge in [-0.05, 0) is 67.2 Å². The smallest absolute Gasteiger partial charge is 0.228 e. The Hall–Kier alpha value is -5.87. The number of likely N-dealkylation sites (N-methyl/N-ethyl adjacent to an activating group) is 1. The number of aromatic amines is 2. The second kappa shape index (κ2) is 12.9. The van der Waals surface area contributed by atoms with Crippen molar-refractivity contribution in [1.82, 2.24) is 30.0 Å². The molecule has 1 amide bonds. The van der Waals surface area contributed by atoms with Crippen LogP contribution in [0.15, 0.2) is 104 Å². The van der Waals surface area contributed by atoms with Gasteiger partial charge in [0.2, 0.25) is 5.91 Å². The molecular weight excluding hydrogens is 593 g/mol. The van der Waals surface area contributed by atoms with E-state index in [1.807, 2.05) is 91.8 Å². The Morgan fingerprint density at radius 1 is 0.894 bits per heavy atom. The van der Waals surface area contributed by atoms with E-state index in [1.165, 1.54) is 12.1 Å². The zero-order valence-electron chi connectivity index (χ0n) is 25.9. The van der Waals surface area contributed by atoms with Gasteiger partial charge in [0.25, 0.3) is 0 Å². The molecule has 234 valence electrons. The molecule has 0 fully saturated rings. The van der Waals surface area contributed by atoms with Crippen LogP contribution in [0, 0.1) is 5.82 Å². The zero-order valence-corrected chi connectivity index (χ0v) is 25.9. The maximum atomic E-state index is 14.7. The van der Waals surface area contributed by atoms with Gasteiger partial charge in [-0.3, -0.25) is 14.9 Å². The summed E-state index contributed by atoms with van der Waals surface area (Å²) in [5.41, 5.74) is 7.77. The van der Waals surface area contributed by atoms with E-state index in [4.69, 9.17) is 4.74 Å². The number of amides is 1. The highest BCUT2D eigenvalue weighted by Crippen LogP contribution is 2.36. The molecule has 3 N–H and O–H groups in total. The molecule has 10 heteroatoms. The molecule has 7 rings (SSSR count). The van der Waals surface area contributed by atoms with Gasteiger partial charge in [-0.1, -0.05) is 42.5 Å². The minimum Gasteiger partial charge on any atom is -0.492 e. The lowest BCUT2D eigenvalue weighted by Crippen LogP contribution is -2.19. The number of fused-ring (bicyclic) bond motifs is 2. The molecule has 4 heterocycles. The molecule has 0 saturated heterocycles. The van der Waals surface area contributed by atoms with Crippen LogP contribution in [0.4, 0.5) is 10.1 Å². The summed E-state index contributed by atoms with van der Waals surface area (Å²) in [6.07, 6.45) is 5.39. The van der Waals surface area contributed by atoms with Crippen molar-refractivity contribution in [2.75, 3.05) is 32.6 Å². The third-order valence-corrected chi connectivity index (χ3v) is 7.89. The Balaban J connectivity index is 1.18. The number of H-pyrrole nitrogens is 2. The van der Waals surface area contributed by atoms with E-state index in [0.717, 1.165) is 56.3 Å². The molecule has 0 aliphatic heterocycles. The fourth-order valence-corrected chi connectivity index (χ4v) is 5.60. The van der Waals surface area contributed by atoms with Crippen LogP contribution in [0.1, 0.15) is 5.56 Å². The average Bonchev–Trinajstić information content (AvgIpc) is 3.69. The standard InChI is InChI=1S/C37H32FN7O2/c1-45(2)11-12-47-29-16-24(14-27(38)18-29)30-9-6-10-33-31(30)19-34(42-33)36-32-17-26(21-40-37(32)44-43-36)25-15-28(22-39-20-25)41-35(46)13-23-7-4-3-5-8-23/h3-10,14-22,42H,11-13H2,1-2H3,(H,41,46)(H,40,43,44). The van der Waals surface area contributed by atoms with Crippen LogP contribution in [0.3, 0.4) is 0 Å². The number of nitrogens with zero attached hydrogens (tertiary/aromatic N) is 4. The van der Waals surface area contributed by atoms with Crippen LogP contribution in [0.5, 0.6) is 5.75 Å². The highest BCUT2D eigenvalue weighted by Gasteiger charge is 2.16. The number of carbonyl (C=O) groups is 1. The van der Waals surface area contributed by atoms with Crippen LogP contribution in [0.2, 0.25) is 0 Å². The number of hydrogen-bond donors (Lipinski definition) is 3. The van der Waals surface area contributed by atoms with Gasteiger partial charge in [-0.25, -0.2) is 9.37 Å². The monoisotopic (exact) mass is 625 g/mol. The third-order valence-electron chi connectivity index (χ3n) is 7.89. The Morgan fingerprint density at radius 3 is 2.60 bits per heavy atom. The van der Waals surface area contributed by atoms with Gasteiger partial charge in [-0.2, -0.15) is 5.10 Å². The molecule has 7 aromatic rings. The maximum Gasteiger partial charge on any atom is 0.228 e. The summed E-state index contributed by atoms with van der Waals surface area (Å²) in [6.45, 7) is 1.18. The highest BCUT2D eigenvalue weighted by molar-refractivity contribution is 6.01. The molecule has 9 nitrogen and oxygen atoms in total. The van der Waals surface area contributed by atoms with Crippen molar-refractivity contribution in [2.24, 2.45) is 0 Å². The Kier molecular flexibility index (Phi) is 8.16. The second-order valence-electron chi connectivity index (χ2n) is 11.6. The third kappa shape index (κ3) is 6.58. The number of ether oxygens (including phenoxy) is 1. The van der Waals surface area contributed by atoms with E-state index >= 15 is 0 Å². The summed E-state index contributed by atoms with van der Waals surface area (Å²) >= 11 is 0. The largest absolute Gasteiger partial charge is 0.492 e. The van der Waals surface area contributed by atoms with E-state index in [0.29, 0.717) is 29.4 Å². The minimum absolute atomic E-state index is 0.120. The SMILES string of the molecule is CN(C)CCOc1cc(F)cc(-c2cccc3[nH]c(-c4n[nH]c5ncc(-c6cncc(NC(=O)Cc7ccccc7)c6)cc45)cc23)c1. The Bertz CT molecular complexity index is 2210. The number of benzene rings is 3. The molecule has 3 aromatic carbocycles. The zero-order chi connectivity index (χ0) is 32.3. The van der Waals surface area contributed by atoms with Crippen molar-refractivity contribution in [2.45, 2.75) is 6.42 Å². The number of aromatic nitrogens is 5. The van der Waals surface area contributed by atoms with Gasteiger partial charge in [0.1, 0.15) is 23.9 Å². The van der Waals surface area contributed by atoms with E-state index in [9.17, 15) is 9.18 Å². The topological polar surface area (TPSA) is 112 Å². The van der Waals surface area contributed by atoms with Gasteiger partial charge in [0.15, 0.2) is 5.65 Å². The summed E-state index contributed by atoms with van der Waals surface area (Å²) < 4.78 is 20.6. The van der Waals surface area contributed by atoms with E-state index in [-0.39, 0.29) is 18.1 Å². The number of anilines is 1. The lowest BCUT2D eigenvalue weighted by atomic mass is 10.0. The Morgan fingerprint density at radius 2 is 1.74 bits per heavy atom. The summed E-state index contributed by atoms with van der Waals surface area (Å²) in [7, 11) is 3.93. The first-order valence-corrected chi connectivity index (χ1v) is 15.2. The molecule has 0 aliphatic rings. The first-order chi connectivity index (χ1) is 22.9. The van der Waals surface area contributed by atoms with Crippen LogP contribution in [-0.4, -0.2) is 63.2 Å². The van der Waals surface area contributed by atoms with E-state index in [1.54, 1.807) is 18.6 Å². The van der Waals surface area contributed by atoms with Crippen molar-refractivity contribution in [1.29, 1.82) is 0 Å². The predicted molar refractivity (Wildman–Crippen MR) is 183 cm³/mol. The van der Waals surface area contributed by atoms with Crippen molar-refractivity contribution in [3.63, 3.8) is 0 Å². The molecule has 0 saturated carbocycles. The quantitative estimate of drug-likeness (QED) is 0.150. The molecule has 0 unspecified atom stereocenters. The fraction of sp³-hybridized carbons (Fsp3) is 0.135. The summed E-state index contributed by atoms with van der Waals surface area (Å²) in [5, 5.41) is 12.3. The molecular formula is C37H32FN7O2. The van der Waals surface area contributed by atoms with Crippen LogP contribution in [0.25, 0.3) is 55.6 Å². The van der Waals surface area contributed by atoms with Crippen LogP contribution < -0.4 is 10.1 Å². The molecule has 0 aliphatic carbocycles. The summed E-state index contributed by atoms with van der Waals surface area (Å²) in [4.78, 5) is 27.1. The first-order valence-electron chi connectivity index (χ1n) is 15.2. The minimum atomic E-state index is -0.360. The van der Waals surface area contributed by atoms with Gasteiger partial charge in [-0.15, -0.1) is 0 Å². The number of nitrogens with one attached hydrogen (secondary N) is 3. The van der Waals surface area contributed by atoms with E-state index in [2.05, 4.69) is 30.5 Å². The summed E-state index contributed by atoms with van der Waals surface area (Å²) in [6, 6.07) is 26.2. The van der Waals surface area contributed by atoms with Crippen molar-refractivity contribution < 1.29 is 13.9 Å². The fourth-order valence-electron chi connectivity index (χ4n) is 5.60. The van der Waals surface area contributed by atoms with Gasteiger partial charge >= 0.3 is 0 Å². The molecule has 0 bridgehead atoms. The Labute approximate surface area is 270 Å². The average molecular weight is 626 g/mol. The predicted octanol–water partition coefficient (Wildman–Crippen LogP) is 7.10. The number of hydrogen-bond acceptors (Lipinski definition) is 6. The number of halogens is 1. The first kappa shape index (κ1) is 29.8. The van der Waals surface area contributed by atoms with Crippen molar-refractivity contribution >= 4 is 33.5 Å². The normalized spacial score (nSPS) is 11.4. The second-order valence-corrected chi connectivity index (χ2v) is 11.6. The van der Waals surface area contributed by atoms with E-state index < -0.39 is 0 Å². The number of pyridine rings is 2. The lowest BCUT2D eigenvalue weighted by Gasteiger charge is -2.12. The molecule has 47 heavy (non-hydrogen) atoms. The molecule has 0 spiro atoms. The van der Waals surface area contributed by atoms with Crippen molar-refractivity contribution in [3.8, 4) is 39.4 Å². The van der Waals surface area contributed by atoms with Crippen molar-refractivity contribution in [3.05, 3.63) is 115 Å². The van der Waals surface area contributed by atoms with Gasteiger partial charge in [0.05, 0.1) is 24.0 Å². The lowest BCUT2D eigenvalue weighted by molar-refractivity contribution is -0.115. The molecule has 0 atom stereocenters. The van der Waals surface area contributed by atoms with Gasteiger partial charge in [0, 0.05) is 52.4 Å². The summed E-state index contributed by atoms with van der Waals surface area (Å²) in [5.74, 6) is 0.00695. The van der Waals surface area contributed by atoms with Crippen LogP contribution >= 0.6 is 0 Å². The highest BCUT2D eigenvalue weighted by atomic mass is 19.1. The number of rotatable bonds is 10. The van der Waals surface area contributed by atoms with Gasteiger partial charge < -0.3 is 19.9 Å². The maximum absolute atomic E-state index is 14.7. The molecule has 4 aromatic heterocycles. The number of carbonyl (C=O) groups excluding carboxylic acids is 1.